The van der Waals surface area contributed by atoms with E-state index >= 15 is 0 Å². The van der Waals surface area contributed by atoms with E-state index in [2.05, 4.69) is 83.6 Å². The van der Waals surface area contributed by atoms with Crippen LogP contribution >= 0.6 is 0 Å². The van der Waals surface area contributed by atoms with Gasteiger partial charge in [-0.1, -0.05) is 23.3 Å². The molecule has 218 valence electrons. The van der Waals surface area contributed by atoms with Gasteiger partial charge in [-0.3, -0.25) is 15.1 Å². The topological polar surface area (TPSA) is 90.8 Å². The second-order valence-corrected chi connectivity index (χ2v) is 11.7. The van der Waals surface area contributed by atoms with Crippen molar-refractivity contribution in [2.24, 2.45) is 4.99 Å². The number of aromatic amines is 1. The van der Waals surface area contributed by atoms with Crippen LogP contribution in [0.25, 0.3) is 22.2 Å². The summed E-state index contributed by atoms with van der Waals surface area (Å²) < 4.78 is 0. The molecule has 2 N–H and O–H groups in total. The molecule has 1 aliphatic rings. The van der Waals surface area contributed by atoms with E-state index in [0.29, 0.717) is 32.0 Å². The number of amides is 1. The molecule has 2 aromatic carbocycles. The van der Waals surface area contributed by atoms with Gasteiger partial charge in [-0.25, -0.2) is 0 Å². The summed E-state index contributed by atoms with van der Waals surface area (Å²) >= 11 is 0. The fourth-order valence-electron chi connectivity index (χ4n) is 5.85. The number of nitrogens with one attached hydrogen (secondary N) is 2. The highest BCUT2D eigenvalue weighted by molar-refractivity contribution is 5.94. The SMILES string of the molecule is CCN(CC)C(=O)C(C)(C)c1ccc2[nH]c(-c3cc(C)cc(C)c3)c(CCN=C(NC#N)N3CCN(C)CC3)c2c1. The van der Waals surface area contributed by atoms with Gasteiger partial charge in [-0.15, -0.1) is 0 Å². The van der Waals surface area contributed by atoms with Crippen LogP contribution in [0, 0.1) is 25.3 Å². The summed E-state index contributed by atoms with van der Waals surface area (Å²) in [6.07, 6.45) is 2.77. The number of likely N-dealkylation sites (N-methyl/N-ethyl adjacent to an activating group) is 2. The molecule has 1 fully saturated rings. The smallest absolute Gasteiger partial charge is 0.232 e. The summed E-state index contributed by atoms with van der Waals surface area (Å²) in [5.41, 5.74) is 7.22. The van der Waals surface area contributed by atoms with Crippen molar-refractivity contribution in [1.29, 1.82) is 5.26 Å². The zero-order chi connectivity index (χ0) is 29.7. The lowest BCUT2D eigenvalue weighted by atomic mass is 9.82. The first-order chi connectivity index (χ1) is 19.6. The fourth-order valence-corrected chi connectivity index (χ4v) is 5.85. The number of fused-ring (bicyclic) bond motifs is 1. The Morgan fingerprint density at radius 2 is 1.73 bits per heavy atom. The highest BCUT2D eigenvalue weighted by Crippen LogP contribution is 2.35. The highest BCUT2D eigenvalue weighted by atomic mass is 16.2. The molecule has 4 rings (SSSR count). The second-order valence-electron chi connectivity index (χ2n) is 11.7. The van der Waals surface area contributed by atoms with Crippen LogP contribution in [0.3, 0.4) is 0 Å². The molecule has 0 saturated carbocycles. The molecule has 0 atom stereocenters. The van der Waals surface area contributed by atoms with Crippen LogP contribution in [0.5, 0.6) is 0 Å². The average molecular weight is 556 g/mol. The molecule has 0 radical (unpaired) electrons. The van der Waals surface area contributed by atoms with Crippen molar-refractivity contribution in [2.75, 3.05) is 52.9 Å². The predicted molar refractivity (Wildman–Crippen MR) is 168 cm³/mol. The van der Waals surface area contributed by atoms with Crippen molar-refractivity contribution >= 4 is 22.8 Å². The highest BCUT2D eigenvalue weighted by Gasteiger charge is 2.33. The molecule has 41 heavy (non-hydrogen) atoms. The van der Waals surface area contributed by atoms with Crippen molar-refractivity contribution in [1.82, 2.24) is 25.0 Å². The number of hydrogen-bond donors (Lipinski definition) is 2. The lowest BCUT2D eigenvalue weighted by Gasteiger charge is -2.33. The van der Waals surface area contributed by atoms with E-state index in [4.69, 9.17) is 4.99 Å². The maximum Gasteiger partial charge on any atom is 0.232 e. The monoisotopic (exact) mass is 555 g/mol. The van der Waals surface area contributed by atoms with E-state index in [9.17, 15) is 10.1 Å². The number of rotatable bonds is 8. The Morgan fingerprint density at radius 3 is 2.34 bits per heavy atom. The number of nitrogens with zero attached hydrogens (tertiary/aromatic N) is 5. The summed E-state index contributed by atoms with van der Waals surface area (Å²) in [7, 11) is 2.11. The largest absolute Gasteiger partial charge is 0.354 e. The first-order valence-corrected chi connectivity index (χ1v) is 14.7. The van der Waals surface area contributed by atoms with Crippen molar-refractivity contribution in [3.05, 3.63) is 58.7 Å². The predicted octanol–water partition coefficient (Wildman–Crippen LogP) is 4.81. The number of aromatic nitrogens is 1. The normalized spacial score (nSPS) is 14.8. The summed E-state index contributed by atoms with van der Waals surface area (Å²) in [4.78, 5) is 28.4. The van der Waals surface area contributed by atoms with E-state index < -0.39 is 5.41 Å². The zero-order valence-electron chi connectivity index (χ0n) is 25.8. The number of nitriles is 1. The third kappa shape index (κ3) is 6.57. The quantitative estimate of drug-likeness (QED) is 0.180. The summed E-state index contributed by atoms with van der Waals surface area (Å²) in [6, 6.07) is 13.0. The molecule has 0 bridgehead atoms. The van der Waals surface area contributed by atoms with Crippen LogP contribution in [0.15, 0.2) is 41.4 Å². The molecule has 1 amide bonds. The summed E-state index contributed by atoms with van der Waals surface area (Å²) in [5.74, 6) is 0.775. The van der Waals surface area contributed by atoms with E-state index in [1.165, 1.54) is 16.7 Å². The van der Waals surface area contributed by atoms with Gasteiger partial charge in [0.25, 0.3) is 0 Å². The number of guanidine groups is 1. The molecule has 0 aliphatic carbocycles. The third-order valence-electron chi connectivity index (χ3n) is 8.32. The molecule has 0 unspecified atom stereocenters. The van der Waals surface area contributed by atoms with E-state index in [1.54, 1.807) is 0 Å². The minimum atomic E-state index is -0.654. The number of benzene rings is 2. The number of piperazine rings is 1. The van der Waals surface area contributed by atoms with Gasteiger partial charge >= 0.3 is 0 Å². The van der Waals surface area contributed by atoms with Gasteiger partial charge in [0.05, 0.1) is 5.41 Å². The summed E-state index contributed by atoms with van der Waals surface area (Å²) in [5, 5.41) is 13.3. The van der Waals surface area contributed by atoms with Gasteiger partial charge in [0.2, 0.25) is 11.9 Å². The molecule has 1 saturated heterocycles. The van der Waals surface area contributed by atoms with E-state index in [1.807, 2.05) is 32.6 Å². The lowest BCUT2D eigenvalue weighted by molar-refractivity contribution is -0.135. The number of carbonyl (C=O) groups excluding carboxylic acids is 1. The first kappa shape index (κ1) is 30.1. The molecule has 2 heterocycles. The first-order valence-electron chi connectivity index (χ1n) is 14.7. The average Bonchev–Trinajstić information content (AvgIpc) is 3.31. The Kier molecular flexibility index (Phi) is 9.39. The Balaban J connectivity index is 1.76. The number of carbonyl (C=O) groups is 1. The van der Waals surface area contributed by atoms with Crippen molar-refractivity contribution in [2.45, 2.75) is 53.4 Å². The van der Waals surface area contributed by atoms with Crippen LogP contribution in [0.4, 0.5) is 0 Å². The standard InChI is InChI=1S/C33H45N7O/c1-8-39(9-2)31(41)33(5,6)26-10-11-29-28(21-26)27(30(37-29)25-19-23(3)18-24(4)20-25)12-13-35-32(36-22-34)40-16-14-38(7)15-17-40/h10-11,18-21,37H,8-9,12-17H2,1-7H3,(H,35,36). The molecule has 8 nitrogen and oxygen atoms in total. The Bertz CT molecular complexity index is 1430. The van der Waals surface area contributed by atoms with E-state index in [0.717, 1.165) is 53.9 Å². The molecule has 1 aliphatic heterocycles. The van der Waals surface area contributed by atoms with Crippen LogP contribution in [-0.4, -0.2) is 84.4 Å². The van der Waals surface area contributed by atoms with Crippen LogP contribution < -0.4 is 5.32 Å². The molecule has 8 heteroatoms. The maximum atomic E-state index is 13.5. The molecule has 0 spiro atoms. The van der Waals surface area contributed by atoms with Crippen molar-refractivity contribution in [3.63, 3.8) is 0 Å². The maximum absolute atomic E-state index is 13.5. The van der Waals surface area contributed by atoms with Crippen molar-refractivity contribution < 1.29 is 4.79 Å². The Hall–Kier alpha value is -3.83. The van der Waals surface area contributed by atoms with Crippen LogP contribution in [-0.2, 0) is 16.6 Å². The minimum absolute atomic E-state index is 0.137. The van der Waals surface area contributed by atoms with Gasteiger partial charge in [0, 0.05) is 62.4 Å². The van der Waals surface area contributed by atoms with Gasteiger partial charge in [0.1, 0.15) is 0 Å². The van der Waals surface area contributed by atoms with Gasteiger partial charge in [-0.2, -0.15) is 5.26 Å². The van der Waals surface area contributed by atoms with Gasteiger partial charge in [0.15, 0.2) is 6.19 Å². The fraction of sp³-hybridized carbons (Fsp3) is 0.485. The third-order valence-corrected chi connectivity index (χ3v) is 8.32. The number of H-pyrrole nitrogens is 1. The molecule has 3 aromatic rings. The van der Waals surface area contributed by atoms with Crippen LogP contribution in [0.1, 0.15) is 49.9 Å². The number of aryl methyl sites for hydroxylation is 2. The van der Waals surface area contributed by atoms with Gasteiger partial charge in [-0.05, 0) is 96.0 Å². The van der Waals surface area contributed by atoms with Crippen LogP contribution in [0.2, 0.25) is 0 Å². The summed E-state index contributed by atoms with van der Waals surface area (Å²) in [6.45, 7) is 17.8. The van der Waals surface area contributed by atoms with E-state index in [-0.39, 0.29) is 5.91 Å². The lowest BCUT2D eigenvalue weighted by Crippen LogP contribution is -2.50. The minimum Gasteiger partial charge on any atom is -0.354 e. The second kappa shape index (κ2) is 12.8. The molecular formula is C33H45N7O. The number of hydrogen-bond acceptors (Lipinski definition) is 4. The number of aliphatic imine (C=N–C) groups is 1. The molecular weight excluding hydrogens is 510 g/mol. The van der Waals surface area contributed by atoms with Crippen molar-refractivity contribution in [3.8, 4) is 17.5 Å². The molecule has 1 aromatic heterocycles. The zero-order valence-corrected chi connectivity index (χ0v) is 25.8. The Labute approximate surface area is 245 Å². The van der Waals surface area contributed by atoms with Gasteiger partial charge < -0.3 is 19.7 Å². The Morgan fingerprint density at radius 1 is 1.07 bits per heavy atom.